The molecule has 1 aliphatic heterocycles. The molecule has 2 heterocycles. The molecule has 1 fully saturated rings. The number of carbonyl (C=O) groups is 1. The van der Waals surface area contributed by atoms with Crippen molar-refractivity contribution in [3.63, 3.8) is 0 Å². The number of likely N-dealkylation sites (tertiary alicyclic amines) is 1. The number of amides is 1. The fraction of sp³-hybridized carbons (Fsp3) is 0.600. The van der Waals surface area contributed by atoms with Crippen LogP contribution in [0.1, 0.15) is 32.4 Å². The lowest BCUT2D eigenvalue weighted by molar-refractivity contribution is -0.124. The summed E-state index contributed by atoms with van der Waals surface area (Å²) in [6, 6.07) is 4.14. The summed E-state index contributed by atoms with van der Waals surface area (Å²) in [4.78, 5) is 18.2. The molecule has 3 N–H and O–H groups in total. The molecule has 2 rings (SSSR count). The molecule has 116 valence electrons. The van der Waals surface area contributed by atoms with Crippen LogP contribution < -0.4 is 11.1 Å². The van der Waals surface area contributed by atoms with Gasteiger partial charge in [-0.25, -0.2) is 4.98 Å². The molecular weight excluding hydrogens is 288 g/mol. The van der Waals surface area contributed by atoms with E-state index in [1.807, 2.05) is 19.1 Å². The van der Waals surface area contributed by atoms with Gasteiger partial charge in [0.05, 0.1) is 16.6 Å². The molecular formula is C15H23ClN4O. The third-order valence-electron chi connectivity index (χ3n) is 4.04. The first-order valence-corrected chi connectivity index (χ1v) is 7.81. The molecule has 0 aromatic carbocycles. The molecule has 0 aliphatic carbocycles. The van der Waals surface area contributed by atoms with Crippen LogP contribution in [0.15, 0.2) is 12.1 Å². The molecule has 6 heteroatoms. The lowest BCUT2D eigenvalue weighted by atomic mass is 9.93. The van der Waals surface area contributed by atoms with Crippen molar-refractivity contribution in [2.24, 2.45) is 11.7 Å². The van der Waals surface area contributed by atoms with Gasteiger partial charge in [0.2, 0.25) is 5.91 Å². The van der Waals surface area contributed by atoms with Gasteiger partial charge in [0.1, 0.15) is 5.82 Å². The Bertz CT molecular complexity index is 508. The first kappa shape index (κ1) is 16.0. The highest BCUT2D eigenvalue weighted by atomic mass is 35.5. The number of halogens is 1. The lowest BCUT2D eigenvalue weighted by Crippen LogP contribution is -2.45. The number of hydrogen-bond acceptors (Lipinski definition) is 4. The number of carbonyl (C=O) groups excluding carboxylic acids is 1. The van der Waals surface area contributed by atoms with E-state index in [1.165, 1.54) is 0 Å². The largest absolute Gasteiger partial charge is 0.370 e. The third kappa shape index (κ3) is 4.08. The first-order chi connectivity index (χ1) is 10.0. The van der Waals surface area contributed by atoms with E-state index >= 15 is 0 Å². The molecule has 5 nitrogen and oxygen atoms in total. The molecule has 2 atom stereocenters. The normalized spacial score (nSPS) is 23.0. The van der Waals surface area contributed by atoms with E-state index in [1.54, 1.807) is 0 Å². The highest BCUT2D eigenvalue weighted by Crippen LogP contribution is 2.25. The average Bonchev–Trinajstić information content (AvgIpc) is 2.45. The molecule has 1 aliphatic rings. The van der Waals surface area contributed by atoms with Gasteiger partial charge in [0.15, 0.2) is 0 Å². The van der Waals surface area contributed by atoms with E-state index < -0.39 is 0 Å². The second-order valence-corrected chi connectivity index (χ2v) is 6.02. The number of nitrogens with one attached hydrogen (secondary N) is 1. The van der Waals surface area contributed by atoms with E-state index in [-0.39, 0.29) is 11.8 Å². The summed E-state index contributed by atoms with van der Waals surface area (Å²) in [5.41, 5.74) is 6.28. The summed E-state index contributed by atoms with van der Waals surface area (Å²) in [6.45, 7) is 6.33. The summed E-state index contributed by atoms with van der Waals surface area (Å²) in [5, 5.41) is 3.85. The van der Waals surface area contributed by atoms with E-state index in [0.29, 0.717) is 24.2 Å². The number of piperidine rings is 1. The van der Waals surface area contributed by atoms with Gasteiger partial charge in [-0.2, -0.15) is 0 Å². The lowest BCUT2D eigenvalue weighted by Gasteiger charge is -2.36. The number of nitrogens with two attached hydrogens (primary N) is 1. The topological polar surface area (TPSA) is 71.2 Å². The molecule has 1 amide bonds. The molecule has 1 aromatic rings. The summed E-state index contributed by atoms with van der Waals surface area (Å²) >= 11 is 6.25. The minimum atomic E-state index is -0.215. The van der Waals surface area contributed by atoms with Crippen LogP contribution in [-0.2, 0) is 11.3 Å². The molecule has 0 saturated carbocycles. The van der Waals surface area contributed by atoms with Crippen molar-refractivity contribution < 1.29 is 4.79 Å². The van der Waals surface area contributed by atoms with Gasteiger partial charge in [-0.1, -0.05) is 11.6 Å². The van der Waals surface area contributed by atoms with Crippen LogP contribution in [0.5, 0.6) is 0 Å². The van der Waals surface area contributed by atoms with Crippen LogP contribution in [0.25, 0.3) is 0 Å². The zero-order valence-electron chi connectivity index (χ0n) is 12.6. The Morgan fingerprint density at radius 3 is 2.95 bits per heavy atom. The predicted octanol–water partition coefficient (Wildman–Crippen LogP) is 2.25. The van der Waals surface area contributed by atoms with Gasteiger partial charge in [0, 0.05) is 25.7 Å². The Labute approximate surface area is 130 Å². The Morgan fingerprint density at radius 2 is 2.29 bits per heavy atom. The summed E-state index contributed by atoms with van der Waals surface area (Å²) < 4.78 is 0. The highest BCUT2D eigenvalue weighted by molar-refractivity contribution is 6.31. The van der Waals surface area contributed by atoms with Crippen LogP contribution in [0.2, 0.25) is 5.02 Å². The van der Waals surface area contributed by atoms with Gasteiger partial charge < -0.3 is 11.1 Å². The monoisotopic (exact) mass is 310 g/mol. The van der Waals surface area contributed by atoms with Crippen LogP contribution in [0, 0.1) is 5.92 Å². The SMILES string of the molecule is CCNc1ccc(Cl)c(CN2CC(C(N)=O)CCC2C)n1. The van der Waals surface area contributed by atoms with Crippen LogP contribution in [0.4, 0.5) is 5.82 Å². The number of aromatic nitrogens is 1. The summed E-state index contributed by atoms with van der Waals surface area (Å²) in [7, 11) is 0. The number of nitrogens with zero attached hydrogens (tertiary/aromatic N) is 2. The second-order valence-electron chi connectivity index (χ2n) is 5.61. The van der Waals surface area contributed by atoms with E-state index in [4.69, 9.17) is 17.3 Å². The predicted molar refractivity (Wildman–Crippen MR) is 85.2 cm³/mol. The Hall–Kier alpha value is -1.33. The molecule has 0 spiro atoms. The molecule has 2 unspecified atom stereocenters. The smallest absolute Gasteiger partial charge is 0.221 e. The maximum absolute atomic E-state index is 11.4. The number of pyridine rings is 1. The number of primary amides is 1. The fourth-order valence-corrected chi connectivity index (χ4v) is 2.86. The maximum Gasteiger partial charge on any atom is 0.221 e. The van der Waals surface area contributed by atoms with Gasteiger partial charge in [-0.05, 0) is 38.8 Å². The van der Waals surface area contributed by atoms with Crippen molar-refractivity contribution >= 4 is 23.3 Å². The Balaban J connectivity index is 2.12. The van der Waals surface area contributed by atoms with Gasteiger partial charge in [-0.15, -0.1) is 0 Å². The molecule has 1 saturated heterocycles. The van der Waals surface area contributed by atoms with Crippen molar-refractivity contribution in [2.75, 3.05) is 18.4 Å². The summed E-state index contributed by atoms with van der Waals surface area (Å²) in [5.74, 6) is 0.539. The number of hydrogen-bond donors (Lipinski definition) is 2. The van der Waals surface area contributed by atoms with Gasteiger partial charge in [0.25, 0.3) is 0 Å². The number of rotatable bonds is 5. The Morgan fingerprint density at radius 1 is 1.52 bits per heavy atom. The Kier molecular flexibility index (Phi) is 5.42. The maximum atomic E-state index is 11.4. The standard InChI is InChI=1S/C15H23ClN4O/c1-3-18-14-7-6-12(16)13(19-14)9-20-8-11(15(17)21)5-4-10(20)2/h6-7,10-11H,3-5,8-9H2,1-2H3,(H2,17,21)(H,18,19). The van der Waals surface area contributed by atoms with E-state index in [0.717, 1.165) is 30.9 Å². The summed E-state index contributed by atoms with van der Waals surface area (Å²) in [6.07, 6.45) is 1.84. The fourth-order valence-electron chi connectivity index (χ4n) is 2.70. The van der Waals surface area contributed by atoms with Crippen molar-refractivity contribution in [2.45, 2.75) is 39.3 Å². The molecule has 0 radical (unpaired) electrons. The van der Waals surface area contributed by atoms with Crippen LogP contribution in [-0.4, -0.2) is 34.9 Å². The zero-order valence-corrected chi connectivity index (χ0v) is 13.4. The molecule has 21 heavy (non-hydrogen) atoms. The van der Waals surface area contributed by atoms with E-state index in [9.17, 15) is 4.79 Å². The minimum Gasteiger partial charge on any atom is -0.370 e. The molecule has 1 aromatic heterocycles. The van der Waals surface area contributed by atoms with Crippen molar-refractivity contribution in [1.82, 2.24) is 9.88 Å². The van der Waals surface area contributed by atoms with Crippen molar-refractivity contribution in [3.8, 4) is 0 Å². The van der Waals surface area contributed by atoms with Crippen LogP contribution in [0.3, 0.4) is 0 Å². The quantitative estimate of drug-likeness (QED) is 0.875. The third-order valence-corrected chi connectivity index (χ3v) is 4.39. The van der Waals surface area contributed by atoms with Gasteiger partial charge >= 0.3 is 0 Å². The van der Waals surface area contributed by atoms with Crippen molar-refractivity contribution in [1.29, 1.82) is 0 Å². The molecule has 0 bridgehead atoms. The highest BCUT2D eigenvalue weighted by Gasteiger charge is 2.29. The minimum absolute atomic E-state index is 0.0723. The first-order valence-electron chi connectivity index (χ1n) is 7.44. The van der Waals surface area contributed by atoms with Crippen molar-refractivity contribution in [3.05, 3.63) is 22.8 Å². The van der Waals surface area contributed by atoms with E-state index in [2.05, 4.69) is 22.1 Å². The zero-order chi connectivity index (χ0) is 15.4. The number of anilines is 1. The average molecular weight is 311 g/mol. The second kappa shape index (κ2) is 7.09. The van der Waals surface area contributed by atoms with Gasteiger partial charge in [-0.3, -0.25) is 9.69 Å². The van der Waals surface area contributed by atoms with Crippen LogP contribution >= 0.6 is 11.6 Å².